The van der Waals surface area contributed by atoms with Crippen molar-refractivity contribution in [3.8, 4) is 0 Å². The van der Waals surface area contributed by atoms with Crippen LogP contribution in [-0.4, -0.2) is 50.8 Å². The summed E-state index contributed by atoms with van der Waals surface area (Å²) in [5.74, 6) is 2.12. The first-order valence-electron chi connectivity index (χ1n) is 8.51. The number of nitrogens with zero attached hydrogens (tertiary/aromatic N) is 2. The van der Waals surface area contributed by atoms with Gasteiger partial charge in [0.05, 0.1) is 0 Å². The molecule has 142 valence electrons. The molecule has 1 unspecified atom stereocenters. The Morgan fingerprint density at radius 3 is 2.84 bits per heavy atom. The predicted molar refractivity (Wildman–Crippen MR) is 117 cm³/mol. The molecule has 1 fully saturated rings. The van der Waals surface area contributed by atoms with Crippen LogP contribution in [-0.2, 0) is 12.3 Å². The number of likely N-dealkylation sites (tertiary alicyclic amines) is 1. The second kappa shape index (κ2) is 12.0. The largest absolute Gasteiger partial charge is 0.356 e. The predicted octanol–water partition coefficient (Wildman–Crippen LogP) is 3.31. The lowest BCUT2D eigenvalue weighted by Crippen LogP contribution is -2.43. The molecule has 0 spiro atoms. The van der Waals surface area contributed by atoms with Gasteiger partial charge in [-0.3, -0.25) is 4.99 Å². The number of thioether (sulfide) groups is 1. The van der Waals surface area contributed by atoms with E-state index in [1.54, 1.807) is 24.9 Å². The minimum atomic E-state index is -0.174. The second-order valence-electron chi connectivity index (χ2n) is 6.42. The fraction of sp³-hybridized carbons (Fsp3) is 0.611. The molecule has 0 bridgehead atoms. The molecule has 25 heavy (non-hydrogen) atoms. The third-order valence-electron chi connectivity index (χ3n) is 4.42. The van der Waals surface area contributed by atoms with E-state index in [1.807, 2.05) is 12.3 Å². The maximum atomic E-state index is 13.4. The average Bonchev–Trinajstić information content (AvgIpc) is 2.57. The summed E-state index contributed by atoms with van der Waals surface area (Å²) < 4.78 is 13.4. The van der Waals surface area contributed by atoms with Crippen LogP contribution in [0.25, 0.3) is 0 Å². The maximum absolute atomic E-state index is 13.4. The van der Waals surface area contributed by atoms with Crippen LogP contribution in [0.1, 0.15) is 24.0 Å². The lowest BCUT2D eigenvalue weighted by atomic mass is 9.99. The molecule has 1 aromatic rings. The number of guanidine groups is 1. The number of hydrogen-bond donors (Lipinski definition) is 2. The Hall–Kier alpha value is -0.540. The summed E-state index contributed by atoms with van der Waals surface area (Å²) in [6.45, 7) is 3.93. The van der Waals surface area contributed by atoms with Crippen molar-refractivity contribution in [3.63, 3.8) is 0 Å². The molecule has 1 saturated heterocycles. The number of benzene rings is 1. The SMILES string of the molecule is CN=C(NCc1ccc(F)cc1CSC)NCC1CCCN(C)C1.I. The van der Waals surface area contributed by atoms with Crippen LogP contribution in [0.4, 0.5) is 4.39 Å². The number of halogens is 2. The summed E-state index contributed by atoms with van der Waals surface area (Å²) >= 11 is 1.70. The Morgan fingerprint density at radius 2 is 2.16 bits per heavy atom. The van der Waals surface area contributed by atoms with Crippen LogP contribution in [0.15, 0.2) is 23.2 Å². The molecule has 1 aromatic carbocycles. The molecule has 0 amide bonds. The van der Waals surface area contributed by atoms with Crippen molar-refractivity contribution in [2.24, 2.45) is 10.9 Å². The topological polar surface area (TPSA) is 39.7 Å². The van der Waals surface area contributed by atoms with Gasteiger partial charge in [0.15, 0.2) is 5.96 Å². The summed E-state index contributed by atoms with van der Waals surface area (Å²) in [5, 5.41) is 6.77. The van der Waals surface area contributed by atoms with Gasteiger partial charge in [0.25, 0.3) is 0 Å². The van der Waals surface area contributed by atoms with Crippen LogP contribution in [0.3, 0.4) is 0 Å². The maximum Gasteiger partial charge on any atom is 0.191 e. The van der Waals surface area contributed by atoms with Gasteiger partial charge in [0.2, 0.25) is 0 Å². The van der Waals surface area contributed by atoms with Crippen molar-refractivity contribution < 1.29 is 4.39 Å². The van der Waals surface area contributed by atoms with Crippen LogP contribution >= 0.6 is 35.7 Å². The smallest absolute Gasteiger partial charge is 0.191 e. The molecule has 1 heterocycles. The van der Waals surface area contributed by atoms with Gasteiger partial charge in [-0.2, -0.15) is 11.8 Å². The average molecular weight is 480 g/mol. The quantitative estimate of drug-likeness (QED) is 0.373. The molecule has 7 heteroatoms. The minimum Gasteiger partial charge on any atom is -0.356 e. The van der Waals surface area contributed by atoms with E-state index in [9.17, 15) is 4.39 Å². The molecule has 0 aromatic heterocycles. The molecule has 1 aliphatic heterocycles. The molecule has 0 radical (unpaired) electrons. The first-order chi connectivity index (χ1) is 11.6. The third-order valence-corrected chi connectivity index (χ3v) is 5.02. The zero-order valence-electron chi connectivity index (χ0n) is 15.3. The molecule has 4 nitrogen and oxygen atoms in total. The molecule has 2 N–H and O–H groups in total. The van der Waals surface area contributed by atoms with Gasteiger partial charge >= 0.3 is 0 Å². The molecule has 2 rings (SSSR count). The lowest BCUT2D eigenvalue weighted by molar-refractivity contribution is 0.210. The van der Waals surface area contributed by atoms with Crippen LogP contribution < -0.4 is 10.6 Å². The highest BCUT2D eigenvalue weighted by molar-refractivity contribution is 14.0. The fourth-order valence-electron chi connectivity index (χ4n) is 3.14. The zero-order chi connectivity index (χ0) is 17.4. The molecule has 1 atom stereocenters. The molecule has 0 saturated carbocycles. The number of hydrogen-bond acceptors (Lipinski definition) is 3. The highest BCUT2D eigenvalue weighted by Crippen LogP contribution is 2.17. The summed E-state index contributed by atoms with van der Waals surface area (Å²) in [6, 6.07) is 5.01. The molecular formula is C18H30FIN4S. The Labute approximate surface area is 172 Å². The van der Waals surface area contributed by atoms with E-state index < -0.39 is 0 Å². The van der Waals surface area contributed by atoms with Gasteiger partial charge in [-0.15, -0.1) is 24.0 Å². The first-order valence-corrected chi connectivity index (χ1v) is 9.91. The molecule has 1 aliphatic rings. The Morgan fingerprint density at radius 1 is 1.36 bits per heavy atom. The van der Waals surface area contributed by atoms with Crippen LogP contribution in [0, 0.1) is 11.7 Å². The summed E-state index contributed by atoms with van der Waals surface area (Å²) in [5.41, 5.74) is 2.16. The first kappa shape index (κ1) is 22.5. The lowest BCUT2D eigenvalue weighted by Gasteiger charge is -2.30. The van der Waals surface area contributed by atoms with Gasteiger partial charge in [0.1, 0.15) is 5.82 Å². The third kappa shape index (κ3) is 7.70. The minimum absolute atomic E-state index is 0. The Kier molecular flexibility index (Phi) is 10.8. The van der Waals surface area contributed by atoms with E-state index in [0.29, 0.717) is 12.5 Å². The van der Waals surface area contributed by atoms with E-state index in [-0.39, 0.29) is 29.8 Å². The van der Waals surface area contributed by atoms with Gasteiger partial charge in [0, 0.05) is 32.4 Å². The van der Waals surface area contributed by atoms with Crippen molar-refractivity contribution in [2.75, 3.05) is 40.0 Å². The standard InChI is InChI=1S/C18H29FN4S.HI/c1-20-18(21-10-14-5-4-8-23(2)12-14)22-11-15-6-7-17(19)9-16(15)13-24-3;/h6-7,9,14H,4-5,8,10-13H2,1-3H3,(H2,20,21,22);1H. The molecule has 0 aliphatic carbocycles. The summed E-state index contributed by atoms with van der Waals surface area (Å²) in [7, 11) is 3.97. The number of rotatable bonds is 6. The molecular weight excluding hydrogens is 450 g/mol. The summed E-state index contributed by atoms with van der Waals surface area (Å²) in [4.78, 5) is 6.69. The van der Waals surface area contributed by atoms with Crippen molar-refractivity contribution in [3.05, 3.63) is 35.1 Å². The van der Waals surface area contributed by atoms with Crippen molar-refractivity contribution in [1.82, 2.24) is 15.5 Å². The van der Waals surface area contributed by atoms with Crippen LogP contribution in [0.2, 0.25) is 0 Å². The van der Waals surface area contributed by atoms with Crippen molar-refractivity contribution in [1.29, 1.82) is 0 Å². The van der Waals surface area contributed by atoms with Crippen molar-refractivity contribution >= 4 is 41.7 Å². The second-order valence-corrected chi connectivity index (χ2v) is 7.29. The zero-order valence-corrected chi connectivity index (χ0v) is 18.5. The number of piperidine rings is 1. The van der Waals surface area contributed by atoms with Gasteiger partial charge in [-0.1, -0.05) is 6.07 Å². The van der Waals surface area contributed by atoms with E-state index in [2.05, 4.69) is 27.6 Å². The van der Waals surface area contributed by atoms with Gasteiger partial charge in [-0.05, 0) is 61.9 Å². The Bertz CT molecular complexity index is 556. The van der Waals surface area contributed by atoms with Gasteiger partial charge < -0.3 is 15.5 Å². The fourth-order valence-corrected chi connectivity index (χ4v) is 3.72. The Balaban J connectivity index is 0.00000312. The van der Waals surface area contributed by atoms with Gasteiger partial charge in [-0.25, -0.2) is 4.39 Å². The van der Waals surface area contributed by atoms with Crippen LogP contribution in [0.5, 0.6) is 0 Å². The van der Waals surface area contributed by atoms with Crippen molar-refractivity contribution in [2.45, 2.75) is 25.1 Å². The highest BCUT2D eigenvalue weighted by atomic mass is 127. The van der Waals surface area contributed by atoms with E-state index in [0.717, 1.165) is 35.9 Å². The highest BCUT2D eigenvalue weighted by Gasteiger charge is 2.17. The number of nitrogens with one attached hydrogen (secondary N) is 2. The van der Waals surface area contributed by atoms with E-state index in [1.165, 1.54) is 25.5 Å². The number of aliphatic imine (C=N–C) groups is 1. The van der Waals surface area contributed by atoms with E-state index in [4.69, 9.17) is 0 Å². The van der Waals surface area contributed by atoms with E-state index >= 15 is 0 Å². The normalized spacial score (nSPS) is 18.6. The summed E-state index contributed by atoms with van der Waals surface area (Å²) in [6.07, 6.45) is 4.57. The monoisotopic (exact) mass is 480 g/mol.